The van der Waals surface area contributed by atoms with Gasteiger partial charge in [-0.05, 0) is 44.1 Å². The maximum Gasteiger partial charge on any atom is 0.254 e. The molecule has 0 aliphatic heterocycles. The number of thiophene rings is 1. The molecule has 1 aromatic rings. The van der Waals surface area contributed by atoms with Gasteiger partial charge in [-0.3, -0.25) is 9.59 Å². The fraction of sp³-hybridized carbons (Fsp3) is 0.667. The standard InChI is InChI=1S/C18H28N2O3S/c1-3-4-10-15(21)20-18-16(17(22)19-11-7-12-23-2)13-8-5-6-9-14(13)24-18/h3-12H2,1-2H3,(H,19,22)(H,20,21). The molecule has 0 spiro atoms. The summed E-state index contributed by atoms with van der Waals surface area (Å²) in [6, 6.07) is 0. The van der Waals surface area contributed by atoms with Crippen LogP contribution in [-0.4, -0.2) is 32.1 Å². The Morgan fingerprint density at radius 1 is 1.21 bits per heavy atom. The molecule has 1 aliphatic rings. The SMILES string of the molecule is CCCCC(=O)Nc1sc2c(c1C(=O)NCCCOC)CCCC2. The van der Waals surface area contributed by atoms with Crippen LogP contribution in [0.1, 0.15) is 66.2 Å². The van der Waals surface area contributed by atoms with E-state index in [0.29, 0.717) is 25.1 Å². The van der Waals surface area contributed by atoms with E-state index in [-0.39, 0.29) is 11.8 Å². The highest BCUT2D eigenvalue weighted by Crippen LogP contribution is 2.38. The summed E-state index contributed by atoms with van der Waals surface area (Å²) in [7, 11) is 1.65. The van der Waals surface area contributed by atoms with Gasteiger partial charge >= 0.3 is 0 Å². The fourth-order valence-electron chi connectivity index (χ4n) is 2.93. The van der Waals surface area contributed by atoms with Crippen LogP contribution in [0.3, 0.4) is 0 Å². The number of unbranched alkanes of at least 4 members (excludes halogenated alkanes) is 1. The van der Waals surface area contributed by atoms with E-state index >= 15 is 0 Å². The summed E-state index contributed by atoms with van der Waals surface area (Å²) in [5.74, 6) is -0.0693. The van der Waals surface area contributed by atoms with Gasteiger partial charge in [0.1, 0.15) is 5.00 Å². The van der Waals surface area contributed by atoms with Crippen molar-refractivity contribution in [1.82, 2.24) is 5.32 Å². The summed E-state index contributed by atoms with van der Waals surface area (Å²) in [6.07, 6.45) is 7.35. The van der Waals surface area contributed by atoms with Gasteiger partial charge in [-0.25, -0.2) is 0 Å². The van der Waals surface area contributed by atoms with E-state index in [9.17, 15) is 9.59 Å². The van der Waals surface area contributed by atoms with E-state index < -0.39 is 0 Å². The van der Waals surface area contributed by atoms with Crippen molar-refractivity contribution in [3.05, 3.63) is 16.0 Å². The van der Waals surface area contributed by atoms with Crippen LogP contribution in [0.15, 0.2) is 0 Å². The summed E-state index contributed by atoms with van der Waals surface area (Å²) in [6.45, 7) is 3.28. The molecule has 2 amide bonds. The Kier molecular flexibility index (Phi) is 7.72. The van der Waals surface area contributed by atoms with Crippen LogP contribution in [0, 0.1) is 0 Å². The highest BCUT2D eigenvalue weighted by Gasteiger charge is 2.26. The summed E-state index contributed by atoms with van der Waals surface area (Å²) >= 11 is 1.58. The van der Waals surface area contributed by atoms with Gasteiger partial charge in [0.25, 0.3) is 5.91 Å². The summed E-state index contributed by atoms with van der Waals surface area (Å²) < 4.78 is 5.01. The highest BCUT2D eigenvalue weighted by atomic mass is 32.1. The van der Waals surface area contributed by atoms with Crippen molar-refractivity contribution in [3.63, 3.8) is 0 Å². The van der Waals surface area contributed by atoms with E-state index in [2.05, 4.69) is 17.6 Å². The summed E-state index contributed by atoms with van der Waals surface area (Å²) in [5.41, 5.74) is 1.83. The smallest absolute Gasteiger partial charge is 0.254 e. The van der Waals surface area contributed by atoms with Crippen molar-refractivity contribution in [3.8, 4) is 0 Å². The van der Waals surface area contributed by atoms with E-state index in [0.717, 1.165) is 55.5 Å². The van der Waals surface area contributed by atoms with Crippen molar-refractivity contribution in [2.75, 3.05) is 25.6 Å². The zero-order chi connectivity index (χ0) is 17.4. The van der Waals surface area contributed by atoms with Gasteiger partial charge in [-0.2, -0.15) is 0 Å². The molecule has 24 heavy (non-hydrogen) atoms. The predicted octanol–water partition coefficient (Wildman–Crippen LogP) is 3.52. The molecule has 0 saturated heterocycles. The van der Waals surface area contributed by atoms with Crippen LogP contribution >= 0.6 is 11.3 Å². The van der Waals surface area contributed by atoms with Crippen LogP contribution in [-0.2, 0) is 22.4 Å². The maximum atomic E-state index is 12.7. The number of rotatable bonds is 9. The van der Waals surface area contributed by atoms with E-state index in [1.54, 1.807) is 18.4 Å². The van der Waals surface area contributed by atoms with Crippen molar-refractivity contribution in [2.24, 2.45) is 0 Å². The van der Waals surface area contributed by atoms with Gasteiger partial charge in [-0.1, -0.05) is 13.3 Å². The monoisotopic (exact) mass is 352 g/mol. The van der Waals surface area contributed by atoms with Crippen molar-refractivity contribution in [2.45, 2.75) is 58.3 Å². The number of carbonyl (C=O) groups is 2. The third-order valence-electron chi connectivity index (χ3n) is 4.22. The zero-order valence-corrected chi connectivity index (χ0v) is 15.5. The zero-order valence-electron chi connectivity index (χ0n) is 14.7. The molecule has 0 saturated carbocycles. The number of ether oxygens (including phenoxy) is 1. The van der Waals surface area contributed by atoms with Crippen LogP contribution < -0.4 is 10.6 Å². The first-order valence-electron chi connectivity index (χ1n) is 8.88. The Balaban J connectivity index is 2.12. The number of amides is 2. The maximum absolute atomic E-state index is 12.7. The Hall–Kier alpha value is -1.40. The van der Waals surface area contributed by atoms with E-state index in [1.165, 1.54) is 4.88 Å². The average Bonchev–Trinajstić information content (AvgIpc) is 2.94. The third-order valence-corrected chi connectivity index (χ3v) is 5.43. The van der Waals surface area contributed by atoms with Gasteiger partial charge in [0, 0.05) is 31.6 Å². The molecule has 1 heterocycles. The van der Waals surface area contributed by atoms with Gasteiger partial charge in [0.05, 0.1) is 5.56 Å². The average molecular weight is 353 g/mol. The molecular formula is C18H28N2O3S. The normalized spacial score (nSPS) is 13.4. The summed E-state index contributed by atoms with van der Waals surface area (Å²) in [4.78, 5) is 26.0. The molecule has 1 aliphatic carbocycles. The van der Waals surface area contributed by atoms with E-state index in [1.807, 2.05) is 0 Å². The number of carbonyl (C=O) groups excluding carboxylic acids is 2. The van der Waals surface area contributed by atoms with Crippen molar-refractivity contribution < 1.29 is 14.3 Å². The minimum atomic E-state index is -0.0729. The molecule has 1 aromatic heterocycles. The van der Waals surface area contributed by atoms with Gasteiger partial charge in [0.2, 0.25) is 5.91 Å². The predicted molar refractivity (Wildman–Crippen MR) is 97.9 cm³/mol. The second-order valence-electron chi connectivity index (χ2n) is 6.17. The molecule has 134 valence electrons. The molecule has 0 atom stereocenters. The third kappa shape index (κ3) is 5.05. The molecule has 2 N–H and O–H groups in total. The topological polar surface area (TPSA) is 67.4 Å². The molecule has 0 radical (unpaired) electrons. The van der Waals surface area contributed by atoms with Crippen molar-refractivity contribution in [1.29, 1.82) is 0 Å². The molecular weight excluding hydrogens is 324 g/mol. The quantitative estimate of drug-likeness (QED) is 0.668. The second-order valence-corrected chi connectivity index (χ2v) is 7.27. The Morgan fingerprint density at radius 3 is 2.75 bits per heavy atom. The van der Waals surface area contributed by atoms with Gasteiger partial charge in [0.15, 0.2) is 0 Å². The van der Waals surface area contributed by atoms with Gasteiger partial charge in [-0.15, -0.1) is 11.3 Å². The minimum absolute atomic E-state index is 0.00359. The number of fused-ring (bicyclic) bond motifs is 1. The van der Waals surface area contributed by atoms with Crippen molar-refractivity contribution >= 4 is 28.2 Å². The molecule has 0 fully saturated rings. The lowest BCUT2D eigenvalue weighted by Gasteiger charge is -2.13. The molecule has 6 heteroatoms. The lowest BCUT2D eigenvalue weighted by Crippen LogP contribution is -2.27. The number of aryl methyl sites for hydroxylation is 1. The Labute approximate surface area is 148 Å². The van der Waals surface area contributed by atoms with Crippen LogP contribution in [0.5, 0.6) is 0 Å². The second kappa shape index (κ2) is 9.79. The minimum Gasteiger partial charge on any atom is -0.385 e. The first-order valence-corrected chi connectivity index (χ1v) is 9.70. The molecule has 0 aromatic carbocycles. The highest BCUT2D eigenvalue weighted by molar-refractivity contribution is 7.17. The molecule has 2 rings (SSSR count). The van der Waals surface area contributed by atoms with E-state index in [4.69, 9.17) is 4.74 Å². The number of anilines is 1. The van der Waals surface area contributed by atoms with Crippen LogP contribution in [0.25, 0.3) is 0 Å². The number of hydrogen-bond acceptors (Lipinski definition) is 4. The lowest BCUT2D eigenvalue weighted by molar-refractivity contribution is -0.116. The Bertz CT molecular complexity index is 569. The fourth-order valence-corrected chi connectivity index (χ4v) is 4.23. The van der Waals surface area contributed by atoms with Crippen LogP contribution in [0.4, 0.5) is 5.00 Å². The number of hydrogen-bond donors (Lipinski definition) is 2. The molecule has 5 nitrogen and oxygen atoms in total. The number of nitrogens with one attached hydrogen (secondary N) is 2. The summed E-state index contributed by atoms with van der Waals surface area (Å²) in [5, 5.41) is 6.67. The Morgan fingerprint density at radius 2 is 2.00 bits per heavy atom. The first-order chi connectivity index (χ1) is 11.7. The van der Waals surface area contributed by atoms with Crippen LogP contribution in [0.2, 0.25) is 0 Å². The molecule has 0 bridgehead atoms. The van der Waals surface area contributed by atoms with Gasteiger partial charge < -0.3 is 15.4 Å². The lowest BCUT2D eigenvalue weighted by atomic mass is 9.95. The largest absolute Gasteiger partial charge is 0.385 e. The number of methoxy groups -OCH3 is 1. The first kappa shape index (κ1) is 18.9. The molecule has 0 unspecified atom stereocenters.